The summed E-state index contributed by atoms with van der Waals surface area (Å²) in [6.45, 7) is 15.8. The van der Waals surface area contributed by atoms with Gasteiger partial charge in [-0.25, -0.2) is 9.50 Å². The van der Waals surface area contributed by atoms with E-state index in [-0.39, 0.29) is 0 Å². The number of nitrogens with one attached hydrogen (secondary N) is 1. The van der Waals surface area contributed by atoms with Crippen LogP contribution in [-0.2, 0) is 6.42 Å². The second-order valence-electron chi connectivity index (χ2n) is 11.7. The minimum absolute atomic E-state index is 0.334. The summed E-state index contributed by atoms with van der Waals surface area (Å²) in [5.41, 5.74) is 8.31. The molecule has 1 saturated heterocycles. The molecule has 36 heavy (non-hydrogen) atoms. The van der Waals surface area contributed by atoms with Crippen LogP contribution in [0.5, 0.6) is 0 Å². The maximum atomic E-state index is 4.66. The third kappa shape index (κ3) is 6.38. The molecule has 0 bridgehead atoms. The van der Waals surface area contributed by atoms with Crippen molar-refractivity contribution in [1.82, 2.24) is 24.9 Å². The normalized spacial score (nSPS) is 17.0. The number of aryl methyl sites for hydroxylation is 2. The Balaban J connectivity index is 0.000000233. The van der Waals surface area contributed by atoms with E-state index in [1.807, 2.05) is 29.0 Å². The molecule has 5 nitrogen and oxygen atoms in total. The fraction of sp³-hybridized carbons (Fsp3) is 0.452. The van der Waals surface area contributed by atoms with Crippen molar-refractivity contribution in [3.8, 4) is 22.5 Å². The molecular weight excluding hydrogens is 442 g/mol. The predicted octanol–water partition coefficient (Wildman–Crippen LogP) is 7.28. The van der Waals surface area contributed by atoms with Crippen molar-refractivity contribution in [2.24, 2.45) is 5.92 Å². The summed E-state index contributed by atoms with van der Waals surface area (Å²) in [6, 6.07) is 14.8. The van der Waals surface area contributed by atoms with Crippen LogP contribution in [-0.4, -0.2) is 30.7 Å². The Bertz CT molecular complexity index is 1280. The van der Waals surface area contributed by atoms with E-state index in [0.717, 1.165) is 41.4 Å². The number of nitrogens with zero attached hydrogens (tertiary/aromatic N) is 4. The summed E-state index contributed by atoms with van der Waals surface area (Å²) in [4.78, 5) is 8.85. The van der Waals surface area contributed by atoms with Gasteiger partial charge in [0.25, 0.3) is 0 Å². The van der Waals surface area contributed by atoms with E-state index in [1.54, 1.807) is 6.20 Å². The highest BCUT2D eigenvalue weighted by molar-refractivity contribution is 5.71. The molecule has 0 amide bonds. The molecule has 0 saturated carbocycles. The number of imidazole rings is 1. The van der Waals surface area contributed by atoms with Gasteiger partial charge in [-0.05, 0) is 95.2 Å². The molecule has 4 heterocycles. The molecule has 0 unspecified atom stereocenters. The first-order valence-corrected chi connectivity index (χ1v) is 13.2. The molecule has 3 aromatic heterocycles. The summed E-state index contributed by atoms with van der Waals surface area (Å²) in [5.74, 6) is 0.862. The maximum absolute atomic E-state index is 4.66. The number of fused-ring (bicyclic) bond motifs is 1. The molecule has 190 valence electrons. The molecule has 1 aromatic carbocycles. The largest absolute Gasteiger partial charge is 0.307 e. The number of benzene rings is 1. The van der Waals surface area contributed by atoms with Crippen molar-refractivity contribution in [2.45, 2.75) is 85.2 Å². The summed E-state index contributed by atoms with van der Waals surface area (Å²) in [7, 11) is 0. The third-order valence-electron chi connectivity index (χ3n) is 6.76. The minimum Gasteiger partial charge on any atom is -0.307 e. The number of aromatic nitrogens is 4. The second kappa shape index (κ2) is 10.5. The minimum atomic E-state index is 0.334. The Morgan fingerprint density at radius 1 is 0.944 bits per heavy atom. The van der Waals surface area contributed by atoms with E-state index in [1.165, 1.54) is 29.5 Å². The molecule has 5 rings (SSSR count). The summed E-state index contributed by atoms with van der Waals surface area (Å²) in [6.07, 6.45) is 10.3. The fourth-order valence-electron chi connectivity index (χ4n) is 5.91. The van der Waals surface area contributed by atoms with E-state index < -0.39 is 0 Å². The molecule has 0 aliphatic carbocycles. The van der Waals surface area contributed by atoms with Gasteiger partial charge in [0, 0.05) is 40.8 Å². The van der Waals surface area contributed by atoms with Gasteiger partial charge >= 0.3 is 0 Å². The lowest BCUT2D eigenvalue weighted by Crippen LogP contribution is -2.57. The lowest BCUT2D eigenvalue weighted by molar-refractivity contribution is 0.138. The zero-order chi connectivity index (χ0) is 25.9. The van der Waals surface area contributed by atoms with Crippen LogP contribution in [0.1, 0.15) is 71.9 Å². The lowest BCUT2D eigenvalue weighted by atomic mass is 9.77. The second-order valence-corrected chi connectivity index (χ2v) is 11.7. The van der Waals surface area contributed by atoms with Crippen molar-refractivity contribution in [2.75, 3.05) is 0 Å². The quantitative estimate of drug-likeness (QED) is 0.331. The highest BCUT2D eigenvalue weighted by atomic mass is 15.2. The fourth-order valence-corrected chi connectivity index (χ4v) is 5.91. The van der Waals surface area contributed by atoms with Gasteiger partial charge in [-0.3, -0.25) is 4.98 Å². The van der Waals surface area contributed by atoms with E-state index >= 15 is 0 Å². The molecule has 4 aromatic rings. The number of hydrogen-bond acceptors (Lipinski definition) is 4. The number of pyridine rings is 1. The molecule has 1 aliphatic heterocycles. The van der Waals surface area contributed by atoms with Crippen LogP contribution < -0.4 is 5.32 Å². The van der Waals surface area contributed by atoms with Gasteiger partial charge in [0.15, 0.2) is 5.65 Å². The molecule has 1 aliphatic rings. The van der Waals surface area contributed by atoms with Crippen LogP contribution >= 0.6 is 0 Å². The monoisotopic (exact) mass is 483 g/mol. The first kappa shape index (κ1) is 26.0. The average molecular weight is 484 g/mol. The summed E-state index contributed by atoms with van der Waals surface area (Å²) < 4.78 is 1.81. The first-order valence-electron chi connectivity index (χ1n) is 13.2. The van der Waals surface area contributed by atoms with Crippen molar-refractivity contribution in [3.05, 3.63) is 72.2 Å². The SMILES string of the molecule is CC1CC(C)(C)NC(C)(C)C1.CCCc1cc(-c2ccc3nccn3n2)ccc1-c1ccc(C)cn1. The Hall–Kier alpha value is -3.05. The van der Waals surface area contributed by atoms with Gasteiger partial charge < -0.3 is 5.32 Å². The van der Waals surface area contributed by atoms with Crippen LogP contribution in [0.25, 0.3) is 28.2 Å². The molecule has 1 N–H and O–H groups in total. The van der Waals surface area contributed by atoms with E-state index in [0.29, 0.717) is 11.1 Å². The van der Waals surface area contributed by atoms with Crippen LogP contribution in [0, 0.1) is 12.8 Å². The maximum Gasteiger partial charge on any atom is 0.153 e. The van der Waals surface area contributed by atoms with E-state index in [9.17, 15) is 0 Å². The van der Waals surface area contributed by atoms with Crippen molar-refractivity contribution < 1.29 is 0 Å². The van der Waals surface area contributed by atoms with Gasteiger partial charge in [-0.2, -0.15) is 5.10 Å². The first-order chi connectivity index (χ1) is 17.0. The third-order valence-corrected chi connectivity index (χ3v) is 6.76. The molecule has 0 spiro atoms. The average Bonchev–Trinajstić information content (AvgIpc) is 3.26. The standard InChI is InChI=1S/C21H20N4.C10H21N/c1-3-4-16-13-17(19-9-10-21-22-11-12-25(21)24-19)6-7-18(16)20-8-5-15(2)14-23-20;1-8-6-9(2,3)11-10(4,5)7-8/h5-14H,3-4H2,1-2H3;8,11H,6-7H2,1-5H3. The van der Waals surface area contributed by atoms with Crippen LogP contribution in [0.2, 0.25) is 0 Å². The van der Waals surface area contributed by atoms with Crippen LogP contribution in [0.15, 0.2) is 61.1 Å². The predicted molar refractivity (Wildman–Crippen MR) is 150 cm³/mol. The Kier molecular flexibility index (Phi) is 7.60. The summed E-state index contributed by atoms with van der Waals surface area (Å²) in [5, 5.41) is 8.32. The Morgan fingerprint density at radius 3 is 2.31 bits per heavy atom. The zero-order valence-corrected chi connectivity index (χ0v) is 23.0. The highest BCUT2D eigenvalue weighted by Gasteiger charge is 2.35. The van der Waals surface area contributed by atoms with E-state index in [4.69, 9.17) is 0 Å². The van der Waals surface area contributed by atoms with Gasteiger partial charge in [-0.1, -0.05) is 38.5 Å². The van der Waals surface area contributed by atoms with Crippen molar-refractivity contribution in [3.63, 3.8) is 0 Å². The van der Waals surface area contributed by atoms with Crippen LogP contribution in [0.3, 0.4) is 0 Å². The highest BCUT2D eigenvalue weighted by Crippen LogP contribution is 2.32. The Morgan fingerprint density at radius 2 is 1.67 bits per heavy atom. The van der Waals surface area contributed by atoms with Crippen molar-refractivity contribution >= 4 is 5.65 Å². The number of piperidine rings is 1. The Labute approximate surface area is 216 Å². The zero-order valence-electron chi connectivity index (χ0n) is 23.0. The van der Waals surface area contributed by atoms with Gasteiger partial charge in [0.1, 0.15) is 0 Å². The summed E-state index contributed by atoms with van der Waals surface area (Å²) >= 11 is 0. The topological polar surface area (TPSA) is 55.1 Å². The molecular formula is C31H41N5. The molecule has 1 fully saturated rings. The molecule has 0 radical (unpaired) electrons. The van der Waals surface area contributed by atoms with Gasteiger partial charge in [0.05, 0.1) is 11.4 Å². The lowest BCUT2D eigenvalue weighted by Gasteiger charge is -2.45. The van der Waals surface area contributed by atoms with Gasteiger partial charge in [-0.15, -0.1) is 0 Å². The van der Waals surface area contributed by atoms with E-state index in [2.05, 4.69) is 99.2 Å². The number of rotatable bonds is 4. The van der Waals surface area contributed by atoms with Gasteiger partial charge in [0.2, 0.25) is 0 Å². The number of hydrogen-bond donors (Lipinski definition) is 1. The van der Waals surface area contributed by atoms with Crippen LogP contribution in [0.4, 0.5) is 0 Å². The smallest absolute Gasteiger partial charge is 0.153 e. The molecule has 5 heteroatoms. The van der Waals surface area contributed by atoms with Crippen molar-refractivity contribution in [1.29, 1.82) is 0 Å². The molecule has 0 atom stereocenters.